The van der Waals surface area contributed by atoms with E-state index in [-0.39, 0.29) is 39.4 Å². The third-order valence-electron chi connectivity index (χ3n) is 7.97. The van der Waals surface area contributed by atoms with Gasteiger partial charge in [0.15, 0.2) is 0 Å². The van der Waals surface area contributed by atoms with E-state index in [4.69, 9.17) is 16.3 Å². The SMILES string of the molecule is Cc1cnc(-c2cccc(C(=O)N3CCOCC3)c2F)cc1-n1c(C)cc([C@H]2C[C@@H]2c2ccc(F)cc2)c(Cl)c1=O. The number of rotatable bonds is 5. The van der Waals surface area contributed by atoms with Crippen molar-refractivity contribution in [1.82, 2.24) is 14.5 Å². The van der Waals surface area contributed by atoms with Gasteiger partial charge in [-0.25, -0.2) is 8.78 Å². The van der Waals surface area contributed by atoms with E-state index in [1.807, 2.05) is 19.9 Å². The van der Waals surface area contributed by atoms with E-state index in [0.717, 1.165) is 17.5 Å². The predicted molar refractivity (Wildman–Crippen MR) is 153 cm³/mol. The maximum Gasteiger partial charge on any atom is 0.274 e. The van der Waals surface area contributed by atoms with E-state index in [2.05, 4.69) is 4.98 Å². The second-order valence-electron chi connectivity index (χ2n) is 10.6. The molecule has 4 aromatic rings. The van der Waals surface area contributed by atoms with Crippen LogP contribution in [-0.2, 0) is 4.74 Å². The van der Waals surface area contributed by atoms with Crippen LogP contribution in [0.5, 0.6) is 0 Å². The van der Waals surface area contributed by atoms with E-state index in [9.17, 15) is 14.0 Å². The lowest BCUT2D eigenvalue weighted by Crippen LogP contribution is -2.41. The first-order chi connectivity index (χ1) is 19.7. The van der Waals surface area contributed by atoms with Gasteiger partial charge in [-0.05, 0) is 85.2 Å². The van der Waals surface area contributed by atoms with Crippen molar-refractivity contribution in [3.8, 4) is 16.9 Å². The summed E-state index contributed by atoms with van der Waals surface area (Å²) in [6, 6.07) is 14.7. The molecule has 1 saturated heterocycles. The standard InChI is InChI=1S/C32H28ClF2N3O3/c1-18-17-36-27(22-4-3-5-23(30(22)35)31(39)37-10-12-41-13-11-37)16-28(18)38-19(2)14-26(29(33)32(38)40)25-15-24(25)20-6-8-21(34)9-7-20/h3-9,14,16-17,24-25H,10-13,15H2,1-2H3/t24-,25+/m1/s1. The molecule has 0 radical (unpaired) electrons. The van der Waals surface area contributed by atoms with Gasteiger partial charge >= 0.3 is 0 Å². The molecule has 2 atom stereocenters. The van der Waals surface area contributed by atoms with E-state index < -0.39 is 11.7 Å². The van der Waals surface area contributed by atoms with Crippen LogP contribution in [0, 0.1) is 25.5 Å². The van der Waals surface area contributed by atoms with Crippen LogP contribution in [0.1, 0.15) is 51.0 Å². The lowest BCUT2D eigenvalue weighted by Gasteiger charge is -2.27. The van der Waals surface area contributed by atoms with Crippen molar-refractivity contribution in [2.45, 2.75) is 32.1 Å². The van der Waals surface area contributed by atoms with Gasteiger partial charge in [-0.15, -0.1) is 0 Å². The van der Waals surface area contributed by atoms with Crippen LogP contribution in [0.3, 0.4) is 0 Å². The van der Waals surface area contributed by atoms with Crippen LogP contribution in [0.25, 0.3) is 16.9 Å². The van der Waals surface area contributed by atoms with Gasteiger partial charge in [0.05, 0.1) is 30.2 Å². The normalized spacial score (nSPS) is 18.4. The molecule has 2 aliphatic rings. The van der Waals surface area contributed by atoms with Gasteiger partial charge in [0.25, 0.3) is 11.5 Å². The minimum atomic E-state index is -0.663. The van der Waals surface area contributed by atoms with Gasteiger partial charge in [-0.1, -0.05) is 29.8 Å². The van der Waals surface area contributed by atoms with Gasteiger partial charge in [0, 0.05) is 30.5 Å². The molecule has 0 N–H and O–H groups in total. The molecule has 0 unspecified atom stereocenters. The molecule has 1 saturated carbocycles. The summed E-state index contributed by atoms with van der Waals surface area (Å²) in [4.78, 5) is 32.7. The van der Waals surface area contributed by atoms with Crippen molar-refractivity contribution in [2.24, 2.45) is 0 Å². The number of halogens is 3. The number of ether oxygens (including phenoxy) is 1. The topological polar surface area (TPSA) is 64.4 Å². The highest BCUT2D eigenvalue weighted by Gasteiger charge is 2.41. The van der Waals surface area contributed by atoms with E-state index in [0.29, 0.717) is 48.9 Å². The van der Waals surface area contributed by atoms with Crippen molar-refractivity contribution >= 4 is 17.5 Å². The zero-order valence-electron chi connectivity index (χ0n) is 22.7. The summed E-state index contributed by atoms with van der Waals surface area (Å²) in [5.74, 6) is -1.10. The lowest BCUT2D eigenvalue weighted by molar-refractivity contribution is 0.0300. The molecule has 2 aromatic carbocycles. The molecule has 6 nitrogen and oxygen atoms in total. The predicted octanol–water partition coefficient (Wildman–Crippen LogP) is 6.19. The average Bonchev–Trinajstić information content (AvgIpc) is 3.77. The fraction of sp³-hybridized carbons (Fsp3) is 0.281. The van der Waals surface area contributed by atoms with Crippen LogP contribution in [-0.4, -0.2) is 46.7 Å². The van der Waals surface area contributed by atoms with Crippen molar-refractivity contribution in [2.75, 3.05) is 26.3 Å². The molecule has 6 rings (SSSR count). The summed E-state index contributed by atoms with van der Waals surface area (Å²) in [6.07, 6.45) is 2.41. The summed E-state index contributed by atoms with van der Waals surface area (Å²) < 4.78 is 35.9. The first-order valence-electron chi connectivity index (χ1n) is 13.5. The van der Waals surface area contributed by atoms with Gasteiger partial charge in [0.2, 0.25) is 0 Å². The maximum atomic E-state index is 15.7. The van der Waals surface area contributed by atoms with Crippen LogP contribution >= 0.6 is 11.6 Å². The Morgan fingerprint density at radius 1 is 1.02 bits per heavy atom. The summed E-state index contributed by atoms with van der Waals surface area (Å²) in [6.45, 7) is 5.29. The molecule has 41 heavy (non-hydrogen) atoms. The molecule has 1 amide bonds. The highest BCUT2D eigenvalue weighted by atomic mass is 35.5. The molecule has 9 heteroatoms. The van der Waals surface area contributed by atoms with E-state index >= 15 is 4.39 Å². The molecule has 1 aliphatic carbocycles. The summed E-state index contributed by atoms with van der Waals surface area (Å²) in [7, 11) is 0. The largest absolute Gasteiger partial charge is 0.378 e. The van der Waals surface area contributed by atoms with Crippen LogP contribution in [0.4, 0.5) is 8.78 Å². The summed E-state index contributed by atoms with van der Waals surface area (Å²) in [5.41, 5.74) is 3.75. The number of hydrogen-bond acceptors (Lipinski definition) is 4. The Kier molecular flexibility index (Phi) is 7.21. The van der Waals surface area contributed by atoms with Crippen molar-refractivity contribution < 1.29 is 18.3 Å². The first kappa shape index (κ1) is 27.3. The van der Waals surface area contributed by atoms with Gasteiger partial charge < -0.3 is 9.64 Å². The second kappa shape index (κ2) is 10.8. The number of morpholine rings is 1. The Hall–Kier alpha value is -3.88. The van der Waals surface area contributed by atoms with E-state index in [1.165, 1.54) is 22.8 Å². The second-order valence-corrected chi connectivity index (χ2v) is 11.0. The Labute approximate surface area is 241 Å². The monoisotopic (exact) mass is 575 g/mol. The highest BCUT2D eigenvalue weighted by molar-refractivity contribution is 6.31. The lowest BCUT2D eigenvalue weighted by atomic mass is 10.0. The number of pyridine rings is 2. The molecule has 210 valence electrons. The zero-order chi connectivity index (χ0) is 28.8. The smallest absolute Gasteiger partial charge is 0.274 e. The van der Waals surface area contributed by atoms with Gasteiger partial charge in [-0.3, -0.25) is 19.1 Å². The Bertz CT molecular complexity index is 1720. The Morgan fingerprint density at radius 2 is 1.76 bits per heavy atom. The number of carbonyl (C=O) groups excluding carboxylic acids is 1. The zero-order valence-corrected chi connectivity index (χ0v) is 23.4. The number of amides is 1. The molecule has 1 aliphatic heterocycles. The number of hydrogen-bond donors (Lipinski definition) is 0. The Morgan fingerprint density at radius 3 is 2.49 bits per heavy atom. The highest BCUT2D eigenvalue weighted by Crippen LogP contribution is 2.55. The molecule has 2 aromatic heterocycles. The maximum absolute atomic E-state index is 15.7. The molecular formula is C32H28ClF2N3O3. The van der Waals surface area contributed by atoms with Crippen molar-refractivity contribution in [1.29, 1.82) is 0 Å². The van der Waals surface area contributed by atoms with Gasteiger partial charge in [-0.2, -0.15) is 0 Å². The van der Waals surface area contributed by atoms with Gasteiger partial charge in [0.1, 0.15) is 16.7 Å². The van der Waals surface area contributed by atoms with E-state index in [1.54, 1.807) is 41.4 Å². The summed E-state index contributed by atoms with van der Waals surface area (Å²) in [5, 5.41) is 0.132. The average molecular weight is 576 g/mol. The minimum Gasteiger partial charge on any atom is -0.378 e. The Balaban J connectivity index is 1.35. The summed E-state index contributed by atoms with van der Waals surface area (Å²) >= 11 is 6.68. The number of benzene rings is 2. The molecule has 2 fully saturated rings. The number of aromatic nitrogens is 2. The quantitative estimate of drug-likeness (QED) is 0.285. The fourth-order valence-corrected chi connectivity index (χ4v) is 5.93. The molecule has 0 spiro atoms. The number of nitrogens with zero attached hydrogens (tertiary/aromatic N) is 3. The number of aryl methyl sites for hydroxylation is 2. The molecule has 0 bridgehead atoms. The van der Waals surface area contributed by atoms with Crippen molar-refractivity contribution in [3.05, 3.63) is 116 Å². The molecule has 3 heterocycles. The third kappa shape index (κ3) is 5.06. The van der Waals surface area contributed by atoms with Crippen LogP contribution in [0.2, 0.25) is 5.02 Å². The number of carbonyl (C=O) groups is 1. The fourth-order valence-electron chi connectivity index (χ4n) is 5.65. The first-order valence-corrected chi connectivity index (χ1v) is 13.9. The minimum absolute atomic E-state index is 0.0331. The van der Waals surface area contributed by atoms with Crippen LogP contribution < -0.4 is 5.56 Å². The third-order valence-corrected chi connectivity index (χ3v) is 8.35. The van der Waals surface area contributed by atoms with Crippen LogP contribution in [0.15, 0.2) is 65.6 Å². The van der Waals surface area contributed by atoms with Crippen molar-refractivity contribution in [3.63, 3.8) is 0 Å². The molecular weight excluding hydrogens is 548 g/mol.